The Morgan fingerprint density at radius 2 is 1.79 bits per heavy atom. The lowest BCUT2D eigenvalue weighted by molar-refractivity contribution is -0.118. The molecule has 0 fully saturated rings. The molecule has 0 saturated carbocycles. The molecule has 3 aromatic carbocycles. The van der Waals surface area contributed by atoms with Gasteiger partial charge in [-0.15, -0.1) is 10.2 Å². The van der Waals surface area contributed by atoms with Crippen molar-refractivity contribution in [2.45, 2.75) is 45.2 Å². The Hall–Kier alpha value is -4.11. The van der Waals surface area contributed by atoms with Crippen LogP contribution in [0.2, 0.25) is 0 Å². The van der Waals surface area contributed by atoms with Crippen molar-refractivity contribution in [3.8, 4) is 28.6 Å². The van der Waals surface area contributed by atoms with Gasteiger partial charge in [0.2, 0.25) is 0 Å². The molecule has 9 heteroatoms. The summed E-state index contributed by atoms with van der Waals surface area (Å²) in [5.41, 5.74) is 7.22. The van der Waals surface area contributed by atoms with E-state index in [0.29, 0.717) is 28.9 Å². The number of phenolic OH excluding ortho intramolecular Hbond substituents is 1. The Balaban J connectivity index is 1.51. The number of hydrogen-bond donors (Lipinski definition) is 2. The summed E-state index contributed by atoms with van der Waals surface area (Å²) >= 11 is 1.27. The smallest absolute Gasteiger partial charge is 0.250 e. The average molecular weight is 544 g/mol. The number of nitrogens with zero attached hydrogens (tertiary/aromatic N) is 4. The summed E-state index contributed by atoms with van der Waals surface area (Å²) in [5, 5.41) is 23.8. The minimum absolute atomic E-state index is 0.0269. The van der Waals surface area contributed by atoms with Crippen molar-refractivity contribution >= 4 is 23.9 Å². The molecule has 0 atom stereocenters. The van der Waals surface area contributed by atoms with Gasteiger partial charge in [-0.1, -0.05) is 80.6 Å². The lowest BCUT2D eigenvalue weighted by Crippen LogP contribution is -2.20. The van der Waals surface area contributed by atoms with Crippen LogP contribution in [0.1, 0.15) is 44.4 Å². The third kappa shape index (κ3) is 6.86. The van der Waals surface area contributed by atoms with E-state index in [4.69, 9.17) is 4.74 Å². The number of hydrazone groups is 1. The number of rotatable bonds is 9. The van der Waals surface area contributed by atoms with Gasteiger partial charge in [-0.3, -0.25) is 9.36 Å². The first-order valence-corrected chi connectivity index (χ1v) is 13.7. The Morgan fingerprint density at radius 1 is 1.08 bits per heavy atom. The van der Waals surface area contributed by atoms with E-state index in [1.807, 2.05) is 42.7 Å². The van der Waals surface area contributed by atoms with Crippen LogP contribution in [0.25, 0.3) is 17.1 Å². The zero-order valence-electron chi connectivity index (χ0n) is 22.8. The van der Waals surface area contributed by atoms with Crippen LogP contribution in [-0.4, -0.2) is 44.4 Å². The largest absolute Gasteiger partial charge is 0.504 e. The Labute approximate surface area is 233 Å². The van der Waals surface area contributed by atoms with Crippen molar-refractivity contribution in [3.63, 3.8) is 0 Å². The molecule has 202 valence electrons. The van der Waals surface area contributed by atoms with Crippen molar-refractivity contribution in [2.75, 3.05) is 12.4 Å². The van der Waals surface area contributed by atoms with Gasteiger partial charge in [0.05, 0.1) is 18.6 Å². The van der Waals surface area contributed by atoms with E-state index in [-0.39, 0.29) is 22.8 Å². The highest BCUT2D eigenvalue weighted by Gasteiger charge is 2.19. The zero-order valence-corrected chi connectivity index (χ0v) is 23.6. The molecular formula is C30H33N5O3S. The van der Waals surface area contributed by atoms with Gasteiger partial charge in [-0.2, -0.15) is 5.10 Å². The van der Waals surface area contributed by atoms with Gasteiger partial charge in [0.1, 0.15) is 0 Å². The van der Waals surface area contributed by atoms with Crippen LogP contribution in [0, 0.1) is 6.92 Å². The summed E-state index contributed by atoms with van der Waals surface area (Å²) in [4.78, 5) is 12.6. The second kappa shape index (κ2) is 12.2. The molecule has 0 radical (unpaired) electrons. The summed E-state index contributed by atoms with van der Waals surface area (Å²) in [5.74, 6) is 0.801. The van der Waals surface area contributed by atoms with E-state index in [9.17, 15) is 9.90 Å². The third-order valence-electron chi connectivity index (χ3n) is 5.99. The van der Waals surface area contributed by atoms with Gasteiger partial charge < -0.3 is 9.84 Å². The number of phenols is 1. The van der Waals surface area contributed by atoms with Crippen molar-refractivity contribution in [2.24, 2.45) is 5.10 Å². The maximum absolute atomic E-state index is 12.6. The van der Waals surface area contributed by atoms with Crippen molar-refractivity contribution in [1.29, 1.82) is 0 Å². The lowest BCUT2D eigenvalue weighted by Gasteiger charge is -2.19. The molecule has 39 heavy (non-hydrogen) atoms. The number of hydrogen-bond acceptors (Lipinski definition) is 7. The first-order valence-electron chi connectivity index (χ1n) is 12.7. The molecule has 8 nitrogen and oxygen atoms in total. The number of benzene rings is 3. The fraction of sp³-hybridized carbons (Fsp3) is 0.267. The molecule has 0 aliphatic heterocycles. The highest BCUT2D eigenvalue weighted by Crippen LogP contribution is 2.31. The first-order chi connectivity index (χ1) is 18.7. The number of aromatic nitrogens is 3. The first kappa shape index (κ1) is 27.9. The molecule has 1 amide bonds. The van der Waals surface area contributed by atoms with Gasteiger partial charge in [0.15, 0.2) is 22.5 Å². The minimum Gasteiger partial charge on any atom is -0.504 e. The van der Waals surface area contributed by atoms with E-state index in [1.165, 1.54) is 23.5 Å². The number of thioether (sulfide) groups is 1. The minimum atomic E-state index is -0.314. The summed E-state index contributed by atoms with van der Waals surface area (Å²) in [6.45, 7) is 10.8. The second-order valence-electron chi connectivity index (χ2n) is 10.0. The van der Waals surface area contributed by atoms with Crippen LogP contribution in [0.3, 0.4) is 0 Å². The number of amides is 1. The van der Waals surface area contributed by atoms with Crippen LogP contribution in [-0.2, 0) is 10.2 Å². The number of ether oxygens (including phenoxy) is 1. The summed E-state index contributed by atoms with van der Waals surface area (Å²) in [6.07, 6.45) is 1.38. The second-order valence-corrected chi connectivity index (χ2v) is 11.0. The maximum Gasteiger partial charge on any atom is 0.250 e. The van der Waals surface area contributed by atoms with Gasteiger partial charge >= 0.3 is 0 Å². The standard InChI is InChI=1S/C30H33N5O3S/c1-6-38-25-9-7-8-22(27(25)37)18-31-32-26(36)19-39-29-34-33-28(35(29)24-16-10-20(2)11-17-24)21-12-14-23(15-13-21)30(3,4)5/h7-18,37H,6,19H2,1-5H3,(H,32,36)/b31-18-. The number of para-hydroxylation sites is 1. The predicted molar refractivity (Wildman–Crippen MR) is 156 cm³/mol. The fourth-order valence-corrected chi connectivity index (χ4v) is 4.59. The van der Waals surface area contributed by atoms with E-state index >= 15 is 0 Å². The zero-order chi connectivity index (χ0) is 28.0. The molecule has 0 aliphatic rings. The molecule has 1 heterocycles. The number of carbonyl (C=O) groups excluding carboxylic acids is 1. The average Bonchev–Trinajstić information content (AvgIpc) is 3.33. The quantitative estimate of drug-likeness (QED) is 0.155. The number of nitrogens with one attached hydrogen (secondary N) is 1. The molecule has 4 rings (SSSR count). The van der Waals surface area contributed by atoms with E-state index in [0.717, 1.165) is 16.8 Å². The number of aromatic hydroxyl groups is 1. The van der Waals surface area contributed by atoms with Crippen molar-refractivity contribution < 1.29 is 14.6 Å². The van der Waals surface area contributed by atoms with Crippen LogP contribution in [0.15, 0.2) is 77.0 Å². The van der Waals surface area contributed by atoms with Gasteiger partial charge in [0.25, 0.3) is 5.91 Å². The summed E-state index contributed by atoms with van der Waals surface area (Å²) in [6, 6.07) is 21.5. The van der Waals surface area contributed by atoms with Gasteiger partial charge in [0, 0.05) is 16.8 Å². The van der Waals surface area contributed by atoms with Gasteiger partial charge in [-0.05, 0) is 49.1 Å². The van der Waals surface area contributed by atoms with Crippen LogP contribution in [0.4, 0.5) is 0 Å². The van der Waals surface area contributed by atoms with Gasteiger partial charge in [-0.25, -0.2) is 5.43 Å². The fourth-order valence-electron chi connectivity index (χ4n) is 3.85. The van der Waals surface area contributed by atoms with Crippen molar-refractivity contribution in [3.05, 3.63) is 83.4 Å². The molecule has 1 aromatic heterocycles. The summed E-state index contributed by atoms with van der Waals surface area (Å²) in [7, 11) is 0. The molecule has 0 unspecified atom stereocenters. The van der Waals surface area contributed by atoms with E-state index in [2.05, 4.69) is 65.8 Å². The van der Waals surface area contributed by atoms with Crippen molar-refractivity contribution in [1.82, 2.24) is 20.2 Å². The molecule has 0 bridgehead atoms. The summed E-state index contributed by atoms with van der Waals surface area (Å²) < 4.78 is 7.35. The molecular weight excluding hydrogens is 510 g/mol. The Morgan fingerprint density at radius 3 is 2.46 bits per heavy atom. The highest BCUT2D eigenvalue weighted by molar-refractivity contribution is 7.99. The van der Waals surface area contributed by atoms with Crippen LogP contribution >= 0.6 is 11.8 Å². The monoisotopic (exact) mass is 543 g/mol. The molecule has 0 spiro atoms. The normalized spacial score (nSPS) is 11.6. The van der Waals surface area contributed by atoms with E-state index in [1.54, 1.807) is 18.2 Å². The number of aryl methyl sites for hydroxylation is 1. The van der Waals surface area contributed by atoms with E-state index < -0.39 is 0 Å². The third-order valence-corrected chi connectivity index (χ3v) is 6.92. The molecule has 4 aromatic rings. The Bertz CT molecular complexity index is 1460. The van der Waals surface area contributed by atoms with Crippen LogP contribution in [0.5, 0.6) is 11.5 Å². The number of carbonyl (C=O) groups is 1. The molecule has 0 saturated heterocycles. The molecule has 0 aliphatic carbocycles. The molecule has 2 N–H and O–H groups in total. The lowest BCUT2D eigenvalue weighted by atomic mass is 9.87. The maximum atomic E-state index is 12.6. The predicted octanol–water partition coefficient (Wildman–Crippen LogP) is 5.89. The topological polar surface area (TPSA) is 102 Å². The highest BCUT2D eigenvalue weighted by atomic mass is 32.2. The SMILES string of the molecule is CCOc1cccc(/C=N\NC(=O)CSc2nnc(-c3ccc(C(C)(C)C)cc3)n2-c2ccc(C)cc2)c1O. The van der Waals surface area contributed by atoms with Crippen LogP contribution < -0.4 is 10.2 Å². The Kier molecular flexibility index (Phi) is 8.71.